The number of nitrogens with zero attached hydrogens (tertiary/aromatic N) is 1. The van der Waals surface area contributed by atoms with Gasteiger partial charge in [0, 0.05) is 42.2 Å². The van der Waals surface area contributed by atoms with Gasteiger partial charge >= 0.3 is 10.1 Å². The molecule has 2 rings (SSSR count). The predicted molar refractivity (Wildman–Crippen MR) is 134 cm³/mol. The van der Waals surface area contributed by atoms with Gasteiger partial charge in [-0.05, 0) is 61.2 Å². The summed E-state index contributed by atoms with van der Waals surface area (Å²) in [4.78, 5) is 25.9. The molecule has 0 bridgehead atoms. The summed E-state index contributed by atoms with van der Waals surface area (Å²) in [7, 11) is -4.16. The summed E-state index contributed by atoms with van der Waals surface area (Å²) >= 11 is 6.20. The largest absolute Gasteiger partial charge is 0.379 e. The van der Waals surface area contributed by atoms with Crippen LogP contribution in [0.5, 0.6) is 5.75 Å². The van der Waals surface area contributed by atoms with E-state index in [2.05, 4.69) is 5.32 Å². The molecule has 0 heterocycles. The second-order valence-corrected chi connectivity index (χ2v) is 11.5. The Morgan fingerprint density at radius 2 is 1.74 bits per heavy atom. The first-order chi connectivity index (χ1) is 15.7. The molecule has 0 unspecified atom stereocenters. The van der Waals surface area contributed by atoms with Crippen molar-refractivity contribution in [3.8, 4) is 5.75 Å². The van der Waals surface area contributed by atoms with Crippen molar-refractivity contribution in [3.63, 3.8) is 0 Å². The van der Waals surface area contributed by atoms with Gasteiger partial charge in [-0.1, -0.05) is 39.3 Å². The lowest BCUT2D eigenvalue weighted by atomic mass is 9.91. The van der Waals surface area contributed by atoms with Gasteiger partial charge in [-0.2, -0.15) is 8.42 Å². The first-order valence-corrected chi connectivity index (χ1v) is 12.9. The Morgan fingerprint density at radius 3 is 2.26 bits per heavy atom. The highest BCUT2D eigenvalue weighted by Gasteiger charge is 2.26. The smallest absolute Gasteiger partial charge is 0.339 e. The van der Waals surface area contributed by atoms with Crippen LogP contribution < -0.4 is 9.50 Å². The van der Waals surface area contributed by atoms with E-state index in [-0.39, 0.29) is 40.5 Å². The van der Waals surface area contributed by atoms with Crippen LogP contribution in [0.2, 0.25) is 5.02 Å². The van der Waals surface area contributed by atoms with Gasteiger partial charge in [0.15, 0.2) is 0 Å². The summed E-state index contributed by atoms with van der Waals surface area (Å²) in [5.41, 5.74) is 0.775. The highest BCUT2D eigenvalue weighted by Crippen LogP contribution is 2.30. The molecule has 1 atom stereocenters. The quantitative estimate of drug-likeness (QED) is 0.443. The first kappa shape index (κ1) is 27.7. The fourth-order valence-corrected chi connectivity index (χ4v) is 4.44. The van der Waals surface area contributed by atoms with Gasteiger partial charge in [-0.3, -0.25) is 9.59 Å². The molecule has 2 aromatic rings. The highest BCUT2D eigenvalue weighted by atomic mass is 35.5. The molecule has 0 aliphatic carbocycles. The van der Waals surface area contributed by atoms with E-state index in [1.807, 2.05) is 34.6 Å². The minimum absolute atomic E-state index is 0.0239. The lowest BCUT2D eigenvalue weighted by Gasteiger charge is -2.32. The number of halogens is 1. The van der Waals surface area contributed by atoms with E-state index in [1.54, 1.807) is 17.0 Å². The second-order valence-electron chi connectivity index (χ2n) is 9.51. The Kier molecular flexibility index (Phi) is 9.14. The van der Waals surface area contributed by atoms with Crippen molar-refractivity contribution in [3.05, 3.63) is 53.1 Å². The SMILES string of the molecule is CC[C@@H](C)N(Cc1cc(Cl)ccc1OS(=O)(=O)c1ccc(NC(C)=O)cc1)C(=O)CC(C)(C)C. The molecule has 0 saturated carbocycles. The lowest BCUT2D eigenvalue weighted by Crippen LogP contribution is -2.39. The molecule has 2 amide bonds. The zero-order valence-corrected chi connectivity index (χ0v) is 22.1. The molecule has 0 radical (unpaired) electrons. The number of rotatable bonds is 9. The van der Waals surface area contributed by atoms with Gasteiger partial charge in [-0.25, -0.2) is 0 Å². The Labute approximate surface area is 207 Å². The van der Waals surface area contributed by atoms with E-state index in [9.17, 15) is 18.0 Å². The maximum atomic E-state index is 13.1. The summed E-state index contributed by atoms with van der Waals surface area (Å²) < 4.78 is 31.4. The maximum Gasteiger partial charge on any atom is 0.339 e. The van der Waals surface area contributed by atoms with E-state index in [4.69, 9.17) is 15.8 Å². The van der Waals surface area contributed by atoms with Crippen molar-refractivity contribution >= 4 is 39.2 Å². The molecule has 34 heavy (non-hydrogen) atoms. The molecule has 9 heteroatoms. The van der Waals surface area contributed by atoms with Crippen molar-refractivity contribution in [1.82, 2.24) is 4.90 Å². The number of hydrogen-bond acceptors (Lipinski definition) is 5. The van der Waals surface area contributed by atoms with Crippen molar-refractivity contribution in [1.29, 1.82) is 0 Å². The summed E-state index contributed by atoms with van der Waals surface area (Å²) in [6, 6.07) is 10.3. The van der Waals surface area contributed by atoms with Gasteiger partial charge in [0.25, 0.3) is 0 Å². The van der Waals surface area contributed by atoms with Crippen LogP contribution in [0.25, 0.3) is 0 Å². The highest BCUT2D eigenvalue weighted by molar-refractivity contribution is 7.87. The number of benzene rings is 2. The predicted octanol–water partition coefficient (Wildman–Crippen LogP) is 5.63. The van der Waals surface area contributed by atoms with Gasteiger partial charge in [0.2, 0.25) is 11.8 Å². The molecule has 7 nitrogen and oxygen atoms in total. The van der Waals surface area contributed by atoms with E-state index >= 15 is 0 Å². The van der Waals surface area contributed by atoms with E-state index in [1.165, 1.54) is 37.3 Å². The van der Waals surface area contributed by atoms with Crippen LogP contribution in [0, 0.1) is 5.41 Å². The first-order valence-electron chi connectivity index (χ1n) is 11.1. The Morgan fingerprint density at radius 1 is 1.12 bits per heavy atom. The molecular weight excluding hydrogens is 476 g/mol. The van der Waals surface area contributed by atoms with Crippen LogP contribution in [0.15, 0.2) is 47.4 Å². The monoisotopic (exact) mass is 508 g/mol. The zero-order chi connectivity index (χ0) is 25.7. The summed E-state index contributed by atoms with van der Waals surface area (Å²) in [6.45, 7) is 11.5. The van der Waals surface area contributed by atoms with Crippen LogP contribution in [0.4, 0.5) is 5.69 Å². The third-order valence-electron chi connectivity index (χ3n) is 5.15. The fraction of sp³-hybridized carbons (Fsp3) is 0.440. The number of hydrogen-bond donors (Lipinski definition) is 1. The Hall–Kier alpha value is -2.58. The average Bonchev–Trinajstić information content (AvgIpc) is 2.71. The summed E-state index contributed by atoms with van der Waals surface area (Å²) in [5.74, 6) is -0.180. The van der Waals surface area contributed by atoms with Gasteiger partial charge in [-0.15, -0.1) is 0 Å². The van der Waals surface area contributed by atoms with Crippen LogP contribution in [-0.4, -0.2) is 31.2 Å². The minimum Gasteiger partial charge on any atom is -0.379 e. The van der Waals surface area contributed by atoms with E-state index in [0.29, 0.717) is 22.7 Å². The average molecular weight is 509 g/mol. The molecule has 0 saturated heterocycles. The van der Waals surface area contributed by atoms with Crippen LogP contribution in [0.3, 0.4) is 0 Å². The van der Waals surface area contributed by atoms with Crippen molar-refractivity contribution in [2.24, 2.45) is 5.41 Å². The molecule has 1 N–H and O–H groups in total. The number of anilines is 1. The Balaban J connectivity index is 2.36. The number of carbonyl (C=O) groups excluding carboxylic acids is 2. The van der Waals surface area contributed by atoms with Gasteiger partial charge in [0.1, 0.15) is 10.6 Å². The van der Waals surface area contributed by atoms with Gasteiger partial charge in [0.05, 0.1) is 0 Å². The second kappa shape index (κ2) is 11.2. The van der Waals surface area contributed by atoms with Crippen molar-refractivity contribution < 1.29 is 22.2 Å². The fourth-order valence-electron chi connectivity index (χ4n) is 3.28. The van der Waals surface area contributed by atoms with Crippen LogP contribution in [0.1, 0.15) is 59.9 Å². The molecule has 186 valence electrons. The molecule has 0 aliphatic rings. The lowest BCUT2D eigenvalue weighted by molar-refractivity contribution is -0.136. The van der Waals surface area contributed by atoms with Crippen molar-refractivity contribution in [2.45, 2.75) is 71.9 Å². The standard InChI is InChI=1S/C25H33ClN2O5S/c1-7-17(2)28(24(30)15-25(4,5)6)16-19-14-20(26)8-13-23(19)33-34(31,32)22-11-9-21(10-12-22)27-18(3)29/h8-14,17H,7,15-16H2,1-6H3,(H,27,29)/t17-/m1/s1. The van der Waals surface area contributed by atoms with Crippen molar-refractivity contribution in [2.75, 3.05) is 5.32 Å². The third-order valence-corrected chi connectivity index (χ3v) is 6.63. The Bertz CT molecular complexity index is 1120. The molecular formula is C25H33ClN2O5S. The van der Waals surface area contributed by atoms with Crippen LogP contribution >= 0.6 is 11.6 Å². The third kappa shape index (κ3) is 8.02. The molecule has 2 aromatic carbocycles. The molecule has 0 spiro atoms. The van der Waals surface area contributed by atoms with Crippen LogP contribution in [-0.2, 0) is 26.3 Å². The minimum atomic E-state index is -4.16. The number of amides is 2. The molecule has 0 aromatic heterocycles. The zero-order valence-electron chi connectivity index (χ0n) is 20.5. The van der Waals surface area contributed by atoms with E-state index < -0.39 is 10.1 Å². The summed E-state index contributed by atoms with van der Waals surface area (Å²) in [6.07, 6.45) is 1.10. The number of carbonyl (C=O) groups is 2. The number of nitrogens with one attached hydrogen (secondary N) is 1. The topological polar surface area (TPSA) is 92.8 Å². The normalized spacial score (nSPS) is 12.7. The van der Waals surface area contributed by atoms with Gasteiger partial charge < -0.3 is 14.4 Å². The maximum absolute atomic E-state index is 13.1. The molecule has 0 aliphatic heterocycles. The molecule has 0 fully saturated rings. The van der Waals surface area contributed by atoms with E-state index in [0.717, 1.165) is 6.42 Å². The summed E-state index contributed by atoms with van der Waals surface area (Å²) in [5, 5.41) is 3.00.